The second-order valence-corrected chi connectivity index (χ2v) is 6.47. The zero-order valence-corrected chi connectivity index (χ0v) is 13.8. The minimum absolute atomic E-state index is 0. The van der Waals surface area contributed by atoms with E-state index >= 15 is 0 Å². The van der Waals surface area contributed by atoms with Crippen molar-refractivity contribution in [2.24, 2.45) is 16.5 Å². The summed E-state index contributed by atoms with van der Waals surface area (Å²) >= 11 is 1.26. The molecule has 0 saturated heterocycles. The predicted octanol–water partition coefficient (Wildman–Crippen LogP) is 2.05. The molecule has 0 fully saturated rings. The number of aliphatic imine (C=N–C) groups is 1. The lowest BCUT2D eigenvalue weighted by atomic mass is 10.2. The minimum Gasteiger partial charge on any atom is -0.370 e. The van der Waals surface area contributed by atoms with Crippen LogP contribution in [0.5, 0.6) is 0 Å². The van der Waals surface area contributed by atoms with Crippen molar-refractivity contribution >= 4 is 45.6 Å². The van der Waals surface area contributed by atoms with Crippen LogP contribution in [0.3, 0.4) is 0 Å². The standard InChI is InChI=1S/C12H15N5OS2.ClH/c1-2-7-20(18)9-6-4-3-5-8(9)10-16-17-12(19-10)15-11(13)14;/h3-6H,2,7H2,1H3,(H4,13,14,15,17);1H. The lowest BCUT2D eigenvalue weighted by Gasteiger charge is -2.05. The molecule has 4 N–H and O–H groups in total. The molecule has 1 aromatic heterocycles. The highest BCUT2D eigenvalue weighted by atomic mass is 35.5. The molecule has 1 aromatic carbocycles. The van der Waals surface area contributed by atoms with Crippen LogP contribution in [0.15, 0.2) is 34.2 Å². The molecule has 0 aliphatic rings. The number of halogens is 1. The number of hydrogen-bond acceptors (Lipinski definition) is 5. The molecule has 0 aliphatic heterocycles. The summed E-state index contributed by atoms with van der Waals surface area (Å²) in [5, 5.41) is 9.00. The van der Waals surface area contributed by atoms with Crippen molar-refractivity contribution in [3.05, 3.63) is 24.3 Å². The fourth-order valence-electron chi connectivity index (χ4n) is 1.62. The molecule has 0 spiro atoms. The average molecular weight is 346 g/mol. The summed E-state index contributed by atoms with van der Waals surface area (Å²) in [6, 6.07) is 7.47. The molecule has 0 radical (unpaired) electrons. The Morgan fingerprint density at radius 1 is 1.33 bits per heavy atom. The van der Waals surface area contributed by atoms with Gasteiger partial charge in [-0.1, -0.05) is 36.5 Å². The molecule has 0 bridgehead atoms. The van der Waals surface area contributed by atoms with Crippen molar-refractivity contribution in [2.45, 2.75) is 18.2 Å². The third kappa shape index (κ3) is 4.48. The predicted molar refractivity (Wildman–Crippen MR) is 89.6 cm³/mol. The summed E-state index contributed by atoms with van der Waals surface area (Å²) in [5.41, 5.74) is 11.4. The van der Waals surface area contributed by atoms with Crippen LogP contribution < -0.4 is 11.5 Å². The van der Waals surface area contributed by atoms with Crippen molar-refractivity contribution in [2.75, 3.05) is 5.75 Å². The maximum absolute atomic E-state index is 12.2. The minimum atomic E-state index is -1.04. The molecule has 114 valence electrons. The summed E-state index contributed by atoms with van der Waals surface area (Å²) < 4.78 is 12.2. The van der Waals surface area contributed by atoms with E-state index in [9.17, 15) is 4.21 Å². The summed E-state index contributed by atoms with van der Waals surface area (Å²) in [6.07, 6.45) is 0.857. The van der Waals surface area contributed by atoms with Crippen molar-refractivity contribution < 1.29 is 4.21 Å². The molecular weight excluding hydrogens is 330 g/mol. The van der Waals surface area contributed by atoms with Gasteiger partial charge in [0.1, 0.15) is 0 Å². The Morgan fingerprint density at radius 2 is 2.05 bits per heavy atom. The van der Waals surface area contributed by atoms with Crippen LogP contribution in [0.2, 0.25) is 0 Å². The van der Waals surface area contributed by atoms with Crippen LogP contribution in [0.25, 0.3) is 10.6 Å². The van der Waals surface area contributed by atoms with Gasteiger partial charge in [0.05, 0.1) is 10.8 Å². The molecule has 1 unspecified atom stereocenters. The zero-order valence-electron chi connectivity index (χ0n) is 11.4. The molecule has 21 heavy (non-hydrogen) atoms. The maximum Gasteiger partial charge on any atom is 0.235 e. The topological polar surface area (TPSA) is 107 Å². The fourth-order valence-corrected chi connectivity index (χ4v) is 3.69. The Kier molecular flexibility index (Phi) is 6.73. The first kappa shape index (κ1) is 17.5. The number of benzene rings is 1. The second-order valence-electron chi connectivity index (χ2n) is 3.97. The SMILES string of the molecule is CCCS(=O)c1ccccc1-c1nnc(N=C(N)N)s1.Cl. The van der Waals surface area contributed by atoms with Gasteiger partial charge in [-0.05, 0) is 12.5 Å². The van der Waals surface area contributed by atoms with Crippen LogP contribution in [0.4, 0.5) is 5.13 Å². The first-order chi connectivity index (χ1) is 9.61. The number of hydrogen-bond donors (Lipinski definition) is 2. The zero-order chi connectivity index (χ0) is 14.5. The fraction of sp³-hybridized carbons (Fsp3) is 0.250. The van der Waals surface area contributed by atoms with Crippen molar-refractivity contribution in [3.63, 3.8) is 0 Å². The van der Waals surface area contributed by atoms with E-state index in [2.05, 4.69) is 15.2 Å². The number of aromatic nitrogens is 2. The van der Waals surface area contributed by atoms with Crippen molar-refractivity contribution in [1.82, 2.24) is 10.2 Å². The molecule has 2 aromatic rings. The highest BCUT2D eigenvalue weighted by molar-refractivity contribution is 7.85. The van der Waals surface area contributed by atoms with Crippen LogP contribution in [0, 0.1) is 0 Å². The highest BCUT2D eigenvalue weighted by Crippen LogP contribution is 2.31. The van der Waals surface area contributed by atoms with Crippen LogP contribution in [0.1, 0.15) is 13.3 Å². The van der Waals surface area contributed by atoms with Gasteiger partial charge in [-0.3, -0.25) is 4.21 Å². The van der Waals surface area contributed by atoms with Gasteiger partial charge < -0.3 is 11.5 Å². The molecule has 0 amide bonds. The Hall–Kier alpha value is -1.51. The van der Waals surface area contributed by atoms with E-state index in [1.54, 1.807) is 0 Å². The third-order valence-electron chi connectivity index (χ3n) is 2.39. The lowest BCUT2D eigenvalue weighted by molar-refractivity contribution is 0.682. The van der Waals surface area contributed by atoms with E-state index in [1.807, 2.05) is 31.2 Å². The van der Waals surface area contributed by atoms with Gasteiger partial charge in [0, 0.05) is 16.2 Å². The van der Waals surface area contributed by atoms with Gasteiger partial charge in [0.2, 0.25) is 5.13 Å². The van der Waals surface area contributed by atoms with Crippen LogP contribution in [-0.4, -0.2) is 26.1 Å². The average Bonchev–Trinajstić information content (AvgIpc) is 2.86. The Bertz CT molecular complexity index is 655. The normalized spacial score (nSPS) is 11.5. The van der Waals surface area contributed by atoms with E-state index in [0.29, 0.717) is 15.9 Å². The molecule has 9 heteroatoms. The summed E-state index contributed by atoms with van der Waals surface area (Å²) in [4.78, 5) is 4.62. The maximum atomic E-state index is 12.2. The smallest absolute Gasteiger partial charge is 0.235 e. The van der Waals surface area contributed by atoms with Crippen molar-refractivity contribution in [3.8, 4) is 10.6 Å². The van der Waals surface area contributed by atoms with Gasteiger partial charge >= 0.3 is 0 Å². The summed E-state index contributed by atoms with van der Waals surface area (Å²) in [6.45, 7) is 2.00. The first-order valence-electron chi connectivity index (χ1n) is 6.02. The van der Waals surface area contributed by atoms with Gasteiger partial charge in [0.25, 0.3) is 0 Å². The van der Waals surface area contributed by atoms with Gasteiger partial charge in [-0.15, -0.1) is 22.6 Å². The number of rotatable bonds is 5. The summed E-state index contributed by atoms with van der Waals surface area (Å²) in [7, 11) is -1.04. The van der Waals surface area contributed by atoms with Crippen molar-refractivity contribution in [1.29, 1.82) is 0 Å². The Labute approximate surface area is 135 Å². The van der Waals surface area contributed by atoms with E-state index in [1.165, 1.54) is 11.3 Å². The second kappa shape index (κ2) is 8.06. The molecular formula is C12H16ClN5OS2. The number of nitrogens with two attached hydrogens (primary N) is 2. The molecule has 0 saturated carbocycles. The van der Waals surface area contributed by atoms with Crippen LogP contribution >= 0.6 is 23.7 Å². The van der Waals surface area contributed by atoms with E-state index in [-0.39, 0.29) is 18.4 Å². The van der Waals surface area contributed by atoms with E-state index < -0.39 is 10.8 Å². The quantitative estimate of drug-likeness (QED) is 0.637. The Balaban J connectivity index is 0.00000220. The molecule has 1 atom stereocenters. The molecule has 2 rings (SSSR count). The first-order valence-corrected chi connectivity index (χ1v) is 8.16. The van der Waals surface area contributed by atoms with Gasteiger partial charge in [0.15, 0.2) is 11.0 Å². The monoisotopic (exact) mass is 345 g/mol. The van der Waals surface area contributed by atoms with Gasteiger partial charge in [-0.2, -0.15) is 4.99 Å². The number of nitrogens with zero attached hydrogens (tertiary/aromatic N) is 3. The summed E-state index contributed by atoms with van der Waals surface area (Å²) in [5.74, 6) is 0.562. The molecule has 1 heterocycles. The molecule has 0 aliphatic carbocycles. The van der Waals surface area contributed by atoms with E-state index in [0.717, 1.165) is 16.9 Å². The molecule has 6 nitrogen and oxygen atoms in total. The highest BCUT2D eigenvalue weighted by Gasteiger charge is 2.14. The largest absolute Gasteiger partial charge is 0.370 e. The van der Waals surface area contributed by atoms with Crippen LogP contribution in [-0.2, 0) is 10.8 Å². The van der Waals surface area contributed by atoms with Gasteiger partial charge in [-0.25, -0.2) is 0 Å². The van der Waals surface area contributed by atoms with E-state index in [4.69, 9.17) is 11.5 Å². The lowest BCUT2D eigenvalue weighted by Crippen LogP contribution is -2.21. The third-order valence-corrected chi connectivity index (χ3v) is 4.87. The number of guanidine groups is 1. The Morgan fingerprint density at radius 3 is 2.71 bits per heavy atom.